The zero-order valence-electron chi connectivity index (χ0n) is 18.4. The highest BCUT2D eigenvalue weighted by molar-refractivity contribution is 6.13. The monoisotopic (exact) mass is 439 g/mol. The van der Waals surface area contributed by atoms with E-state index >= 15 is 0 Å². The molecule has 1 heterocycles. The van der Waals surface area contributed by atoms with Crippen molar-refractivity contribution < 1.29 is 9.59 Å². The minimum atomic E-state index is -0.0527. The zero-order valence-corrected chi connectivity index (χ0v) is 18.4. The summed E-state index contributed by atoms with van der Waals surface area (Å²) in [7, 11) is 0. The number of nitrogens with zero attached hydrogens (tertiary/aromatic N) is 1. The van der Waals surface area contributed by atoms with Crippen LogP contribution in [0.3, 0.4) is 0 Å². The molecule has 1 aromatic heterocycles. The first-order chi connectivity index (χ1) is 16.7. The van der Waals surface area contributed by atoms with Gasteiger partial charge in [0.05, 0.1) is 11.4 Å². The Morgan fingerprint density at radius 2 is 0.794 bits per heavy atom. The number of carbonyl (C=O) groups is 2. The van der Waals surface area contributed by atoms with Crippen molar-refractivity contribution in [3.05, 3.63) is 150 Å². The van der Waals surface area contributed by atoms with Crippen molar-refractivity contribution in [3.8, 4) is 22.5 Å². The van der Waals surface area contributed by atoms with Gasteiger partial charge in [0.15, 0.2) is 11.6 Å². The number of hydrogen-bond donors (Lipinski definition) is 0. The van der Waals surface area contributed by atoms with Gasteiger partial charge in [-0.05, 0) is 12.1 Å². The second-order valence-corrected chi connectivity index (χ2v) is 7.89. The quantitative estimate of drug-likeness (QED) is 0.271. The Bertz CT molecular complexity index is 1360. The van der Waals surface area contributed by atoms with E-state index in [1.807, 2.05) is 127 Å². The highest BCUT2D eigenvalue weighted by Gasteiger charge is 2.18. The highest BCUT2D eigenvalue weighted by atomic mass is 16.1. The summed E-state index contributed by atoms with van der Waals surface area (Å²) in [6.07, 6.45) is 0. The average Bonchev–Trinajstić information content (AvgIpc) is 2.93. The third kappa shape index (κ3) is 4.19. The van der Waals surface area contributed by atoms with Crippen LogP contribution in [0.4, 0.5) is 0 Å². The molecule has 5 rings (SSSR count). The summed E-state index contributed by atoms with van der Waals surface area (Å²) in [5, 5.41) is 0. The molecular formula is C31H21NO2. The molecule has 34 heavy (non-hydrogen) atoms. The number of aromatic nitrogens is 1. The van der Waals surface area contributed by atoms with E-state index in [0.29, 0.717) is 33.6 Å². The Morgan fingerprint density at radius 1 is 0.412 bits per heavy atom. The van der Waals surface area contributed by atoms with E-state index in [4.69, 9.17) is 4.98 Å². The van der Waals surface area contributed by atoms with Gasteiger partial charge < -0.3 is 0 Å². The lowest BCUT2D eigenvalue weighted by atomic mass is 9.94. The smallest absolute Gasteiger partial charge is 0.193 e. The van der Waals surface area contributed by atoms with Crippen molar-refractivity contribution in [1.29, 1.82) is 0 Å². The molecule has 0 fully saturated rings. The number of benzene rings is 4. The molecule has 0 amide bonds. The maximum atomic E-state index is 13.2. The molecule has 3 nitrogen and oxygen atoms in total. The van der Waals surface area contributed by atoms with E-state index in [2.05, 4.69) is 0 Å². The lowest BCUT2D eigenvalue weighted by Gasteiger charge is -2.12. The Labute approximate surface area is 198 Å². The van der Waals surface area contributed by atoms with E-state index < -0.39 is 0 Å². The summed E-state index contributed by atoms with van der Waals surface area (Å²) >= 11 is 0. The maximum Gasteiger partial charge on any atom is 0.193 e. The predicted octanol–water partition coefficient (Wildman–Crippen LogP) is 6.88. The minimum Gasteiger partial charge on any atom is -0.289 e. The van der Waals surface area contributed by atoms with Crippen LogP contribution in [0.15, 0.2) is 127 Å². The Morgan fingerprint density at radius 3 is 1.24 bits per heavy atom. The number of pyridine rings is 1. The van der Waals surface area contributed by atoms with Crippen molar-refractivity contribution in [2.75, 3.05) is 0 Å². The van der Waals surface area contributed by atoms with Gasteiger partial charge in [-0.1, -0.05) is 115 Å². The lowest BCUT2D eigenvalue weighted by Crippen LogP contribution is -2.05. The minimum absolute atomic E-state index is 0.0527. The van der Waals surface area contributed by atoms with Gasteiger partial charge in [0.1, 0.15) is 0 Å². The van der Waals surface area contributed by atoms with Gasteiger partial charge in [-0.3, -0.25) is 9.59 Å². The molecule has 0 saturated carbocycles. The van der Waals surface area contributed by atoms with Crippen LogP contribution in [0.2, 0.25) is 0 Å². The maximum absolute atomic E-state index is 13.2. The van der Waals surface area contributed by atoms with Crippen LogP contribution in [0.25, 0.3) is 22.5 Å². The summed E-state index contributed by atoms with van der Waals surface area (Å²) in [5.41, 5.74) is 5.31. The van der Waals surface area contributed by atoms with E-state index in [0.717, 1.165) is 11.1 Å². The number of carbonyl (C=O) groups excluding carboxylic acids is 2. The molecule has 0 atom stereocenters. The zero-order chi connectivity index (χ0) is 23.3. The van der Waals surface area contributed by atoms with Crippen LogP contribution in [-0.4, -0.2) is 16.6 Å². The van der Waals surface area contributed by atoms with Gasteiger partial charge in [0.25, 0.3) is 0 Å². The van der Waals surface area contributed by atoms with E-state index in [-0.39, 0.29) is 11.6 Å². The van der Waals surface area contributed by atoms with Crippen LogP contribution in [0.1, 0.15) is 31.8 Å². The second-order valence-electron chi connectivity index (χ2n) is 7.89. The molecule has 0 unspecified atom stereocenters. The first-order valence-corrected chi connectivity index (χ1v) is 11.1. The molecule has 0 aliphatic carbocycles. The molecular weight excluding hydrogens is 418 g/mol. The first-order valence-electron chi connectivity index (χ1n) is 11.1. The molecule has 0 bridgehead atoms. The topological polar surface area (TPSA) is 47.0 Å². The van der Waals surface area contributed by atoms with Gasteiger partial charge in [0.2, 0.25) is 0 Å². The molecule has 4 aromatic carbocycles. The first kappa shape index (κ1) is 21.2. The van der Waals surface area contributed by atoms with Gasteiger partial charge in [-0.15, -0.1) is 0 Å². The molecule has 0 aliphatic heterocycles. The molecule has 3 heteroatoms. The van der Waals surface area contributed by atoms with Crippen molar-refractivity contribution in [2.24, 2.45) is 0 Å². The van der Waals surface area contributed by atoms with Gasteiger partial charge in [0, 0.05) is 33.4 Å². The van der Waals surface area contributed by atoms with Crippen LogP contribution in [0, 0.1) is 0 Å². The lowest BCUT2D eigenvalue weighted by molar-refractivity contribution is 0.103. The van der Waals surface area contributed by atoms with Gasteiger partial charge >= 0.3 is 0 Å². The summed E-state index contributed by atoms with van der Waals surface area (Å²) in [6.45, 7) is 0. The Balaban J connectivity index is 1.58. The fourth-order valence-electron chi connectivity index (χ4n) is 4.03. The second kappa shape index (κ2) is 9.47. The third-order valence-electron chi connectivity index (χ3n) is 5.72. The summed E-state index contributed by atoms with van der Waals surface area (Å²) in [6, 6.07) is 39.1. The van der Waals surface area contributed by atoms with Gasteiger partial charge in [-0.25, -0.2) is 4.98 Å². The normalized spacial score (nSPS) is 10.6. The molecule has 0 radical (unpaired) electrons. The van der Waals surface area contributed by atoms with Crippen molar-refractivity contribution in [3.63, 3.8) is 0 Å². The number of hydrogen-bond acceptors (Lipinski definition) is 3. The molecule has 5 aromatic rings. The van der Waals surface area contributed by atoms with Crippen LogP contribution < -0.4 is 0 Å². The van der Waals surface area contributed by atoms with Crippen LogP contribution in [-0.2, 0) is 0 Å². The van der Waals surface area contributed by atoms with E-state index in [1.54, 1.807) is 0 Å². The molecule has 162 valence electrons. The average molecular weight is 440 g/mol. The fourth-order valence-corrected chi connectivity index (χ4v) is 4.03. The molecule has 0 saturated heterocycles. The summed E-state index contributed by atoms with van der Waals surface area (Å²) in [5.74, 6) is -0.105. The van der Waals surface area contributed by atoms with Gasteiger partial charge in [-0.2, -0.15) is 0 Å². The number of rotatable bonds is 6. The van der Waals surface area contributed by atoms with Crippen LogP contribution in [0.5, 0.6) is 0 Å². The predicted molar refractivity (Wildman–Crippen MR) is 135 cm³/mol. The van der Waals surface area contributed by atoms with Crippen molar-refractivity contribution in [1.82, 2.24) is 4.98 Å². The standard InChI is InChI=1S/C31H21NO2/c33-30(22-12-3-1-4-13-22)26-18-9-7-16-24(26)28-20-11-21-29(32-28)25-17-8-10-19-27(25)31(34)23-14-5-2-6-15-23/h1-21H. The van der Waals surface area contributed by atoms with E-state index in [9.17, 15) is 9.59 Å². The van der Waals surface area contributed by atoms with Crippen molar-refractivity contribution >= 4 is 11.6 Å². The number of ketones is 2. The highest BCUT2D eigenvalue weighted by Crippen LogP contribution is 2.29. The van der Waals surface area contributed by atoms with E-state index in [1.165, 1.54) is 0 Å². The Hall–Kier alpha value is -4.63. The largest absolute Gasteiger partial charge is 0.289 e. The molecule has 0 spiro atoms. The fraction of sp³-hybridized carbons (Fsp3) is 0. The summed E-state index contributed by atoms with van der Waals surface area (Å²) in [4.78, 5) is 31.3. The Kier molecular flexibility index (Phi) is 5.91. The van der Waals surface area contributed by atoms with Crippen molar-refractivity contribution in [2.45, 2.75) is 0 Å². The third-order valence-corrected chi connectivity index (χ3v) is 5.72. The summed E-state index contributed by atoms with van der Waals surface area (Å²) < 4.78 is 0. The van der Waals surface area contributed by atoms with Crippen LogP contribution >= 0.6 is 0 Å². The molecule has 0 N–H and O–H groups in total. The SMILES string of the molecule is O=C(c1ccccc1)c1ccccc1-c1cccc(-c2ccccc2C(=O)c2ccccc2)n1. The molecule has 0 aliphatic rings.